The molecule has 0 amide bonds. The minimum absolute atomic E-state index is 0.00935. The molecule has 0 aliphatic rings. The molecule has 9 heteroatoms. The smallest absolute Gasteiger partial charge is 0.367 e. The van der Waals surface area contributed by atoms with Crippen molar-refractivity contribution in [2.45, 2.75) is 6.18 Å². The lowest BCUT2D eigenvalue weighted by Crippen LogP contribution is -2.05. The number of alkyl halides is 3. The Labute approximate surface area is 116 Å². The highest BCUT2D eigenvalue weighted by atomic mass is 19.4. The van der Waals surface area contributed by atoms with E-state index < -0.39 is 16.7 Å². The number of halogens is 3. The SMILES string of the molecule is CNc1ncnc(-c2ccc(C(F)(F)F)cc2)c1[N+](=O)[O-]. The van der Waals surface area contributed by atoms with E-state index in [1.54, 1.807) is 0 Å². The molecular formula is C12H9F3N4O2. The molecule has 110 valence electrons. The van der Waals surface area contributed by atoms with Crippen LogP contribution in [0.15, 0.2) is 30.6 Å². The van der Waals surface area contributed by atoms with E-state index in [2.05, 4.69) is 15.3 Å². The van der Waals surface area contributed by atoms with Gasteiger partial charge in [-0.05, 0) is 12.1 Å². The molecule has 0 saturated carbocycles. The molecule has 0 bridgehead atoms. The second-order valence-corrected chi connectivity index (χ2v) is 4.00. The minimum Gasteiger partial charge on any atom is -0.367 e. The Morgan fingerprint density at radius 3 is 2.29 bits per heavy atom. The van der Waals surface area contributed by atoms with Crippen LogP contribution in [-0.2, 0) is 6.18 Å². The number of nitro groups is 1. The zero-order chi connectivity index (χ0) is 15.6. The van der Waals surface area contributed by atoms with Gasteiger partial charge in [-0.3, -0.25) is 10.1 Å². The Hall–Kier alpha value is -2.71. The summed E-state index contributed by atoms with van der Waals surface area (Å²) >= 11 is 0. The first-order valence-electron chi connectivity index (χ1n) is 5.69. The van der Waals surface area contributed by atoms with E-state index in [0.29, 0.717) is 0 Å². The lowest BCUT2D eigenvalue weighted by molar-refractivity contribution is -0.383. The van der Waals surface area contributed by atoms with Crippen molar-refractivity contribution in [1.29, 1.82) is 0 Å². The molecule has 21 heavy (non-hydrogen) atoms. The highest BCUT2D eigenvalue weighted by Gasteiger charge is 2.30. The fourth-order valence-electron chi connectivity index (χ4n) is 1.76. The molecule has 0 radical (unpaired) electrons. The maximum absolute atomic E-state index is 12.5. The minimum atomic E-state index is -4.47. The summed E-state index contributed by atoms with van der Waals surface area (Å²) in [6, 6.07) is 3.97. The maximum Gasteiger partial charge on any atom is 0.416 e. The number of hydrogen-bond acceptors (Lipinski definition) is 5. The monoisotopic (exact) mass is 298 g/mol. The van der Waals surface area contributed by atoms with Crippen molar-refractivity contribution in [3.8, 4) is 11.3 Å². The average Bonchev–Trinajstić information content (AvgIpc) is 2.45. The summed E-state index contributed by atoms with van der Waals surface area (Å²) in [4.78, 5) is 17.9. The van der Waals surface area contributed by atoms with Gasteiger partial charge >= 0.3 is 11.9 Å². The van der Waals surface area contributed by atoms with E-state index in [1.165, 1.54) is 7.05 Å². The second kappa shape index (κ2) is 5.35. The van der Waals surface area contributed by atoms with E-state index in [4.69, 9.17) is 0 Å². The lowest BCUT2D eigenvalue weighted by Gasteiger charge is -2.08. The number of rotatable bonds is 3. The third kappa shape index (κ3) is 2.91. The zero-order valence-corrected chi connectivity index (χ0v) is 10.7. The van der Waals surface area contributed by atoms with Gasteiger partial charge in [-0.2, -0.15) is 13.2 Å². The summed E-state index contributed by atoms with van der Waals surface area (Å²) < 4.78 is 37.5. The molecule has 0 unspecified atom stereocenters. The van der Waals surface area contributed by atoms with Crippen LogP contribution in [0.3, 0.4) is 0 Å². The molecule has 0 saturated heterocycles. The van der Waals surface area contributed by atoms with Crippen LogP contribution in [0.4, 0.5) is 24.7 Å². The van der Waals surface area contributed by atoms with E-state index in [0.717, 1.165) is 30.6 Å². The van der Waals surface area contributed by atoms with Crippen molar-refractivity contribution in [2.75, 3.05) is 12.4 Å². The summed E-state index contributed by atoms with van der Waals surface area (Å²) in [5.41, 5.74) is -1.07. The van der Waals surface area contributed by atoms with Gasteiger partial charge in [-0.25, -0.2) is 9.97 Å². The third-order valence-electron chi connectivity index (χ3n) is 2.73. The molecule has 1 heterocycles. The highest BCUT2D eigenvalue weighted by molar-refractivity contribution is 5.76. The number of hydrogen-bond donors (Lipinski definition) is 1. The van der Waals surface area contributed by atoms with Crippen LogP contribution in [0.25, 0.3) is 11.3 Å². The molecule has 6 nitrogen and oxygen atoms in total. The molecular weight excluding hydrogens is 289 g/mol. The molecule has 0 aliphatic carbocycles. The summed E-state index contributed by atoms with van der Waals surface area (Å²) in [6.45, 7) is 0. The van der Waals surface area contributed by atoms with Gasteiger partial charge in [0.25, 0.3) is 0 Å². The third-order valence-corrected chi connectivity index (χ3v) is 2.73. The van der Waals surface area contributed by atoms with E-state index in [1.807, 2.05) is 0 Å². The predicted molar refractivity (Wildman–Crippen MR) is 68.7 cm³/mol. The van der Waals surface area contributed by atoms with Gasteiger partial charge in [0, 0.05) is 12.6 Å². The van der Waals surface area contributed by atoms with Crippen molar-refractivity contribution in [1.82, 2.24) is 9.97 Å². The second-order valence-electron chi connectivity index (χ2n) is 4.00. The summed E-state index contributed by atoms with van der Waals surface area (Å²) in [5.74, 6) is -0.00935. The average molecular weight is 298 g/mol. The predicted octanol–water partition coefficient (Wildman–Crippen LogP) is 3.11. The summed E-state index contributed by atoms with van der Waals surface area (Å²) in [5, 5.41) is 13.7. The molecule has 2 rings (SSSR count). The molecule has 1 N–H and O–H groups in total. The van der Waals surface area contributed by atoms with Crippen molar-refractivity contribution < 1.29 is 18.1 Å². The van der Waals surface area contributed by atoms with E-state index in [9.17, 15) is 23.3 Å². The Kier molecular flexibility index (Phi) is 3.74. The number of aromatic nitrogens is 2. The summed E-state index contributed by atoms with van der Waals surface area (Å²) in [6.07, 6.45) is -3.36. The number of nitrogens with one attached hydrogen (secondary N) is 1. The van der Waals surface area contributed by atoms with Gasteiger partial charge in [0.05, 0.1) is 10.5 Å². The summed E-state index contributed by atoms with van der Waals surface area (Å²) in [7, 11) is 1.45. The fraction of sp³-hybridized carbons (Fsp3) is 0.167. The Bertz CT molecular complexity index is 671. The van der Waals surface area contributed by atoms with Crippen molar-refractivity contribution in [3.05, 3.63) is 46.3 Å². The van der Waals surface area contributed by atoms with Crippen LogP contribution in [0, 0.1) is 10.1 Å². The quantitative estimate of drug-likeness (QED) is 0.695. The lowest BCUT2D eigenvalue weighted by atomic mass is 10.1. The number of anilines is 1. The van der Waals surface area contributed by atoms with Crippen LogP contribution >= 0.6 is 0 Å². The van der Waals surface area contributed by atoms with Gasteiger partial charge in [-0.15, -0.1) is 0 Å². The van der Waals surface area contributed by atoms with Crippen LogP contribution in [-0.4, -0.2) is 21.9 Å². The molecule has 0 fully saturated rings. The van der Waals surface area contributed by atoms with Gasteiger partial charge in [0.2, 0.25) is 5.82 Å². The Morgan fingerprint density at radius 1 is 1.19 bits per heavy atom. The van der Waals surface area contributed by atoms with Crippen LogP contribution in [0.2, 0.25) is 0 Å². The van der Waals surface area contributed by atoms with Crippen molar-refractivity contribution >= 4 is 11.5 Å². The molecule has 2 aromatic rings. The molecule has 1 aromatic heterocycles. The van der Waals surface area contributed by atoms with Crippen LogP contribution in [0.5, 0.6) is 0 Å². The van der Waals surface area contributed by atoms with Crippen LogP contribution in [0.1, 0.15) is 5.56 Å². The first-order chi connectivity index (χ1) is 9.84. The maximum atomic E-state index is 12.5. The molecule has 0 spiro atoms. The fourth-order valence-corrected chi connectivity index (χ4v) is 1.76. The normalized spacial score (nSPS) is 11.2. The Balaban J connectivity index is 2.54. The first kappa shape index (κ1) is 14.7. The van der Waals surface area contributed by atoms with E-state index in [-0.39, 0.29) is 22.8 Å². The van der Waals surface area contributed by atoms with Crippen molar-refractivity contribution in [2.24, 2.45) is 0 Å². The topological polar surface area (TPSA) is 81.0 Å². The van der Waals surface area contributed by atoms with Gasteiger partial charge in [-0.1, -0.05) is 12.1 Å². The van der Waals surface area contributed by atoms with E-state index >= 15 is 0 Å². The largest absolute Gasteiger partial charge is 0.416 e. The van der Waals surface area contributed by atoms with Gasteiger partial charge in [0.15, 0.2) is 5.69 Å². The number of nitrogens with zero attached hydrogens (tertiary/aromatic N) is 3. The highest BCUT2D eigenvalue weighted by Crippen LogP contribution is 2.35. The van der Waals surface area contributed by atoms with Crippen molar-refractivity contribution in [3.63, 3.8) is 0 Å². The molecule has 1 aromatic carbocycles. The van der Waals surface area contributed by atoms with Gasteiger partial charge in [0.1, 0.15) is 6.33 Å². The number of benzene rings is 1. The van der Waals surface area contributed by atoms with Crippen LogP contribution < -0.4 is 5.32 Å². The van der Waals surface area contributed by atoms with Gasteiger partial charge < -0.3 is 5.32 Å². The molecule has 0 aliphatic heterocycles. The standard InChI is InChI=1S/C12H9F3N4O2/c1-16-11-10(19(20)21)9(17-6-18-11)7-2-4-8(5-3-7)12(13,14)15/h2-6H,1H3,(H,16,17,18). The zero-order valence-electron chi connectivity index (χ0n) is 10.7. The Morgan fingerprint density at radius 2 is 1.81 bits per heavy atom. The first-order valence-corrected chi connectivity index (χ1v) is 5.69. The molecule has 0 atom stereocenters.